The van der Waals surface area contributed by atoms with Gasteiger partial charge in [0.25, 0.3) is 0 Å². The second-order valence-corrected chi connectivity index (χ2v) is 1.96. The van der Waals surface area contributed by atoms with E-state index in [9.17, 15) is 5.11 Å². The molecular formula is C6H6Na2O4S. The molecule has 1 unspecified atom stereocenters. The van der Waals surface area contributed by atoms with E-state index in [1.165, 1.54) is 12.1 Å². The molecule has 62 valence electrons. The van der Waals surface area contributed by atoms with Gasteiger partial charge >= 0.3 is 59.1 Å². The summed E-state index contributed by atoms with van der Waals surface area (Å²) < 4.78 is 24.1. The molecule has 1 atom stereocenters. The van der Waals surface area contributed by atoms with Crippen LogP contribution in [0, 0.1) is 0 Å². The molecule has 1 rings (SSSR count). The minimum atomic E-state index is -2.86. The molecule has 0 bridgehead atoms. The molecule has 1 aromatic rings. The minimum absolute atomic E-state index is 0. The molecule has 4 nitrogen and oxygen atoms in total. The average Bonchev–Trinajstić information content (AvgIpc) is 1.87. The van der Waals surface area contributed by atoms with Crippen LogP contribution in [0.1, 0.15) is 0 Å². The van der Waals surface area contributed by atoms with Crippen molar-refractivity contribution in [1.29, 1.82) is 0 Å². The van der Waals surface area contributed by atoms with Crippen molar-refractivity contribution in [2.24, 2.45) is 0 Å². The van der Waals surface area contributed by atoms with Gasteiger partial charge in [0.15, 0.2) is 0 Å². The molecule has 0 aliphatic rings. The molecule has 0 heterocycles. The first-order valence-corrected chi connectivity index (χ1v) is 3.66. The number of hydrogen-bond acceptors (Lipinski definition) is 3. The zero-order valence-corrected chi connectivity index (χ0v) is 12.3. The van der Waals surface area contributed by atoms with Crippen LogP contribution in [-0.2, 0) is 11.4 Å². The molecule has 0 spiro atoms. The van der Waals surface area contributed by atoms with E-state index in [1.54, 1.807) is 12.1 Å². The first kappa shape index (κ1) is 19.6. The van der Waals surface area contributed by atoms with Crippen LogP contribution in [0.2, 0.25) is 0 Å². The topological polar surface area (TPSA) is 83.4 Å². The van der Waals surface area contributed by atoms with Crippen LogP contribution in [0.15, 0.2) is 30.3 Å². The van der Waals surface area contributed by atoms with E-state index in [2.05, 4.69) is 0 Å². The second-order valence-electron chi connectivity index (χ2n) is 1.53. The summed E-state index contributed by atoms with van der Waals surface area (Å²) in [6.07, 6.45) is 0. The van der Waals surface area contributed by atoms with Gasteiger partial charge in [-0.15, -0.1) is 5.75 Å². The predicted molar refractivity (Wildman–Crippen MR) is 37.4 cm³/mol. The fourth-order valence-corrected chi connectivity index (χ4v) is 0.420. The van der Waals surface area contributed by atoms with Crippen molar-refractivity contribution in [2.75, 3.05) is 0 Å². The van der Waals surface area contributed by atoms with Gasteiger partial charge in [-0.3, -0.25) is 0 Å². The molecule has 0 aliphatic carbocycles. The van der Waals surface area contributed by atoms with Gasteiger partial charge in [0.05, 0.1) is 11.4 Å². The minimum Gasteiger partial charge on any atom is -0.872 e. The summed E-state index contributed by atoms with van der Waals surface area (Å²) in [6, 6.07) is 8.33. The molecular weight excluding hydrogens is 214 g/mol. The molecule has 0 saturated carbocycles. The van der Waals surface area contributed by atoms with Gasteiger partial charge in [-0.1, -0.05) is 30.3 Å². The first-order valence-electron chi connectivity index (χ1n) is 2.63. The van der Waals surface area contributed by atoms with Gasteiger partial charge in [0, 0.05) is 0 Å². The van der Waals surface area contributed by atoms with Gasteiger partial charge in [-0.05, 0) is 0 Å². The van der Waals surface area contributed by atoms with Crippen molar-refractivity contribution in [3.8, 4) is 5.75 Å². The van der Waals surface area contributed by atoms with E-state index in [0.29, 0.717) is 0 Å². The van der Waals surface area contributed by atoms with Gasteiger partial charge in [0.1, 0.15) is 0 Å². The van der Waals surface area contributed by atoms with E-state index in [4.69, 9.17) is 13.3 Å². The van der Waals surface area contributed by atoms with Crippen molar-refractivity contribution in [3.05, 3.63) is 30.3 Å². The maximum absolute atomic E-state index is 10.3. The predicted octanol–water partition coefficient (Wildman–Crippen LogP) is -5.89. The van der Waals surface area contributed by atoms with Crippen molar-refractivity contribution in [1.82, 2.24) is 0 Å². The summed E-state index contributed by atoms with van der Waals surface area (Å²) in [4.78, 5) is 0. The normalized spacial score (nSPS) is 9.38. The number of rotatable bonds is 0. The smallest absolute Gasteiger partial charge is 0.872 e. The summed E-state index contributed by atoms with van der Waals surface area (Å²) in [5.74, 6) is 0.0718. The average molecular weight is 220 g/mol. The van der Waals surface area contributed by atoms with Gasteiger partial charge < -0.3 is 14.2 Å². The Morgan fingerprint density at radius 2 is 1.46 bits per heavy atom. The van der Waals surface area contributed by atoms with Crippen molar-refractivity contribution >= 4 is 11.4 Å². The second kappa shape index (κ2) is 13.1. The standard InChI is InChI=1S/C6H6O.2Na.H2O3S/c7-6-4-2-1-3-5-6;;;1-4(2)3/h1-5,7H;;;(H2,1,2,3)/q;2*+1;/p-2. The van der Waals surface area contributed by atoms with Crippen molar-refractivity contribution in [2.45, 2.75) is 0 Å². The molecule has 0 saturated heterocycles. The van der Waals surface area contributed by atoms with E-state index in [1.807, 2.05) is 6.07 Å². The van der Waals surface area contributed by atoms with Crippen LogP contribution in [0.5, 0.6) is 5.75 Å². The zero-order chi connectivity index (χ0) is 8.69. The molecule has 7 heteroatoms. The Balaban J connectivity index is -0.000000150. The maximum Gasteiger partial charge on any atom is 1.00 e. The van der Waals surface area contributed by atoms with Crippen LogP contribution < -0.4 is 64.2 Å². The molecule has 0 fully saturated rings. The Morgan fingerprint density at radius 1 is 1.15 bits per heavy atom. The molecule has 1 aromatic carbocycles. The first-order chi connectivity index (χ1) is 5.13. The SMILES string of the molecule is O=S([O-])O.[Na+].[Na+].[O-]c1ccccc1. The molecule has 0 aromatic heterocycles. The Kier molecular flexibility index (Phi) is 19.8. The Bertz CT molecular complexity index is 215. The molecule has 0 amide bonds. The fraction of sp³-hybridized carbons (Fsp3) is 0. The van der Waals surface area contributed by atoms with Crippen LogP contribution in [0.3, 0.4) is 0 Å². The summed E-state index contributed by atoms with van der Waals surface area (Å²) >= 11 is -2.86. The Hall–Kier alpha value is 1.09. The van der Waals surface area contributed by atoms with Gasteiger partial charge in [-0.25, -0.2) is 4.21 Å². The molecule has 13 heavy (non-hydrogen) atoms. The summed E-state index contributed by atoms with van der Waals surface area (Å²) in [5, 5.41) is 10.3. The van der Waals surface area contributed by atoms with E-state index in [0.717, 1.165) is 0 Å². The largest absolute Gasteiger partial charge is 1.00 e. The third-order valence-electron chi connectivity index (χ3n) is 0.743. The van der Waals surface area contributed by atoms with Gasteiger partial charge in [0.2, 0.25) is 0 Å². The van der Waals surface area contributed by atoms with Crippen LogP contribution in [0.4, 0.5) is 0 Å². The van der Waals surface area contributed by atoms with E-state index in [-0.39, 0.29) is 64.9 Å². The summed E-state index contributed by atoms with van der Waals surface area (Å²) in [7, 11) is 0. The number of para-hydroxylation sites is 1. The molecule has 1 N–H and O–H groups in total. The van der Waals surface area contributed by atoms with Crippen LogP contribution >= 0.6 is 0 Å². The summed E-state index contributed by atoms with van der Waals surface area (Å²) in [6.45, 7) is 0. The Morgan fingerprint density at radius 3 is 1.62 bits per heavy atom. The summed E-state index contributed by atoms with van der Waals surface area (Å²) in [5.41, 5.74) is 0. The third-order valence-corrected chi connectivity index (χ3v) is 0.743. The molecule has 0 radical (unpaired) electrons. The van der Waals surface area contributed by atoms with Gasteiger partial charge in [-0.2, -0.15) is 0 Å². The Labute approximate surface area is 123 Å². The monoisotopic (exact) mass is 220 g/mol. The number of benzene rings is 1. The maximum atomic E-state index is 10.3. The fourth-order valence-electron chi connectivity index (χ4n) is 0.420. The van der Waals surface area contributed by atoms with Crippen LogP contribution in [-0.4, -0.2) is 13.3 Å². The van der Waals surface area contributed by atoms with E-state index < -0.39 is 11.4 Å². The third kappa shape index (κ3) is 19.5. The van der Waals surface area contributed by atoms with E-state index >= 15 is 0 Å². The van der Waals surface area contributed by atoms with Crippen LogP contribution in [0.25, 0.3) is 0 Å². The van der Waals surface area contributed by atoms with Crippen molar-refractivity contribution in [3.63, 3.8) is 0 Å². The number of hydrogen-bond donors (Lipinski definition) is 1. The molecule has 0 aliphatic heterocycles. The quantitative estimate of drug-likeness (QED) is 0.348. The zero-order valence-electron chi connectivity index (χ0n) is 7.47. The van der Waals surface area contributed by atoms with Crippen molar-refractivity contribution < 1.29 is 77.5 Å².